The molecule has 0 fully saturated rings. The number of hydrogen-bond donors (Lipinski definition) is 0. The summed E-state index contributed by atoms with van der Waals surface area (Å²) in [6.45, 7) is 4.60. The van der Waals surface area contributed by atoms with Gasteiger partial charge in [0.1, 0.15) is 0 Å². The maximum absolute atomic E-state index is 2.30. The Hall–Kier alpha value is -0.0500. The van der Waals surface area contributed by atoms with E-state index < -0.39 is 0 Å². The first-order chi connectivity index (χ1) is 5.79. The van der Waals surface area contributed by atoms with Gasteiger partial charge in [-0.2, -0.15) is 0 Å². The molecule has 0 N–H and O–H groups in total. The Bertz CT molecular complexity index is 204. The van der Waals surface area contributed by atoms with Crippen molar-refractivity contribution in [1.82, 2.24) is 0 Å². The van der Waals surface area contributed by atoms with Crippen LogP contribution in [-0.2, 0) is 0 Å². The SMILES string of the molecule is CC(C)CC[I-]c1ccccc1. The van der Waals surface area contributed by atoms with Gasteiger partial charge in [0, 0.05) is 0 Å². The molecule has 0 heterocycles. The fourth-order valence-corrected chi connectivity index (χ4v) is 3.99. The van der Waals surface area contributed by atoms with Crippen LogP contribution < -0.4 is 21.2 Å². The minimum absolute atomic E-state index is 0.293. The molecule has 0 aliphatic rings. The molecule has 1 heteroatoms. The van der Waals surface area contributed by atoms with Crippen LogP contribution in [0.2, 0.25) is 0 Å². The summed E-state index contributed by atoms with van der Waals surface area (Å²) >= 11 is 0.293. The van der Waals surface area contributed by atoms with E-state index in [1.54, 1.807) is 3.57 Å². The molecule has 12 heavy (non-hydrogen) atoms. The van der Waals surface area contributed by atoms with E-state index in [-0.39, 0.29) is 0 Å². The molecule has 68 valence electrons. The summed E-state index contributed by atoms with van der Waals surface area (Å²) in [4.78, 5) is 0. The van der Waals surface area contributed by atoms with Gasteiger partial charge in [0.05, 0.1) is 0 Å². The average Bonchev–Trinajstić information content (AvgIpc) is 2.05. The van der Waals surface area contributed by atoms with E-state index in [1.165, 1.54) is 10.8 Å². The molecule has 0 unspecified atom stereocenters. The van der Waals surface area contributed by atoms with Crippen LogP contribution in [0.25, 0.3) is 0 Å². The topological polar surface area (TPSA) is 0 Å². The van der Waals surface area contributed by atoms with Gasteiger partial charge >= 0.3 is 85.7 Å². The molecule has 0 aromatic heterocycles. The van der Waals surface area contributed by atoms with Crippen molar-refractivity contribution < 1.29 is 21.2 Å². The van der Waals surface area contributed by atoms with Crippen molar-refractivity contribution in [2.45, 2.75) is 20.3 Å². The van der Waals surface area contributed by atoms with Gasteiger partial charge in [-0.05, 0) is 0 Å². The van der Waals surface area contributed by atoms with Crippen LogP contribution in [0, 0.1) is 9.49 Å². The Morgan fingerprint density at radius 1 is 1.17 bits per heavy atom. The van der Waals surface area contributed by atoms with E-state index >= 15 is 0 Å². The third kappa shape index (κ3) is 4.10. The molecule has 1 aromatic rings. The summed E-state index contributed by atoms with van der Waals surface area (Å²) in [5.74, 6) is 0.869. The van der Waals surface area contributed by atoms with Crippen LogP contribution in [0.5, 0.6) is 0 Å². The zero-order valence-corrected chi connectivity index (χ0v) is 9.91. The zero-order chi connectivity index (χ0) is 8.81. The third-order valence-corrected chi connectivity index (χ3v) is 4.43. The van der Waals surface area contributed by atoms with Gasteiger partial charge in [-0.1, -0.05) is 0 Å². The normalized spacial score (nSPS) is 10.9. The van der Waals surface area contributed by atoms with Crippen molar-refractivity contribution in [3.05, 3.63) is 33.9 Å². The Morgan fingerprint density at radius 2 is 1.83 bits per heavy atom. The van der Waals surface area contributed by atoms with Gasteiger partial charge in [-0.25, -0.2) is 0 Å². The summed E-state index contributed by atoms with van der Waals surface area (Å²) in [6, 6.07) is 10.9. The van der Waals surface area contributed by atoms with Crippen molar-refractivity contribution >= 4 is 0 Å². The molecule has 0 aliphatic carbocycles. The fraction of sp³-hybridized carbons (Fsp3) is 0.455. The predicted molar refractivity (Wildman–Crippen MR) is 49.5 cm³/mol. The second-order valence-corrected chi connectivity index (χ2v) is 6.39. The van der Waals surface area contributed by atoms with Crippen LogP contribution in [0.15, 0.2) is 30.3 Å². The molecule has 0 aliphatic heterocycles. The quantitative estimate of drug-likeness (QED) is 0.535. The van der Waals surface area contributed by atoms with E-state index in [1.807, 2.05) is 0 Å². The van der Waals surface area contributed by atoms with Gasteiger partial charge < -0.3 is 0 Å². The van der Waals surface area contributed by atoms with E-state index in [0.717, 1.165) is 5.92 Å². The molecular formula is C11H16I-. The van der Waals surface area contributed by atoms with Crippen LogP contribution in [0.4, 0.5) is 0 Å². The van der Waals surface area contributed by atoms with Crippen molar-refractivity contribution in [1.29, 1.82) is 0 Å². The molecule has 0 amide bonds. The Balaban J connectivity index is 2.25. The third-order valence-electron chi connectivity index (χ3n) is 1.67. The van der Waals surface area contributed by atoms with E-state index in [9.17, 15) is 0 Å². The fourth-order valence-electron chi connectivity index (χ4n) is 0.886. The van der Waals surface area contributed by atoms with Crippen LogP contribution in [0.1, 0.15) is 20.3 Å². The van der Waals surface area contributed by atoms with Crippen LogP contribution in [-0.4, -0.2) is 4.43 Å². The molecular weight excluding hydrogens is 259 g/mol. The first kappa shape index (κ1) is 10.0. The molecule has 0 nitrogen and oxygen atoms in total. The molecule has 0 spiro atoms. The van der Waals surface area contributed by atoms with Gasteiger partial charge in [0.25, 0.3) is 0 Å². The van der Waals surface area contributed by atoms with E-state index in [4.69, 9.17) is 0 Å². The molecule has 0 bridgehead atoms. The standard InChI is InChI=1S/C11H16I/c1-10(2)8-9-12-11-6-4-3-5-7-11/h3-7,10H,8-9H2,1-2H3/q-1. The minimum atomic E-state index is 0.293. The number of alkyl halides is 1. The van der Waals surface area contributed by atoms with Gasteiger partial charge in [0.15, 0.2) is 0 Å². The summed E-state index contributed by atoms with van der Waals surface area (Å²) < 4.78 is 3.01. The summed E-state index contributed by atoms with van der Waals surface area (Å²) in [5, 5.41) is 0. The van der Waals surface area contributed by atoms with Crippen molar-refractivity contribution in [2.75, 3.05) is 4.43 Å². The van der Waals surface area contributed by atoms with Gasteiger partial charge in [0.2, 0.25) is 0 Å². The predicted octanol–water partition coefficient (Wildman–Crippen LogP) is -0.00870. The molecule has 0 saturated heterocycles. The first-order valence-electron chi connectivity index (χ1n) is 4.43. The van der Waals surface area contributed by atoms with Crippen LogP contribution in [0.3, 0.4) is 0 Å². The van der Waals surface area contributed by atoms with Crippen molar-refractivity contribution in [3.8, 4) is 0 Å². The summed E-state index contributed by atoms with van der Waals surface area (Å²) in [5.41, 5.74) is 0. The number of rotatable bonds is 4. The molecule has 1 rings (SSSR count). The monoisotopic (exact) mass is 275 g/mol. The Kier molecular flexibility index (Phi) is 4.66. The zero-order valence-electron chi connectivity index (χ0n) is 7.76. The summed E-state index contributed by atoms with van der Waals surface area (Å²) in [6.07, 6.45) is 1.39. The van der Waals surface area contributed by atoms with E-state index in [0.29, 0.717) is 21.2 Å². The molecule has 0 saturated carbocycles. The van der Waals surface area contributed by atoms with Gasteiger partial charge in [-0.15, -0.1) is 0 Å². The Morgan fingerprint density at radius 3 is 2.42 bits per heavy atom. The van der Waals surface area contributed by atoms with Crippen LogP contribution >= 0.6 is 0 Å². The van der Waals surface area contributed by atoms with E-state index in [2.05, 4.69) is 44.2 Å². The first-order valence-corrected chi connectivity index (χ1v) is 7.03. The second-order valence-electron chi connectivity index (χ2n) is 3.30. The number of benzene rings is 1. The maximum atomic E-state index is 2.30. The van der Waals surface area contributed by atoms with Crippen molar-refractivity contribution in [2.24, 2.45) is 5.92 Å². The molecule has 0 atom stereocenters. The van der Waals surface area contributed by atoms with Gasteiger partial charge in [-0.3, -0.25) is 0 Å². The summed E-state index contributed by atoms with van der Waals surface area (Å²) in [7, 11) is 0. The number of hydrogen-bond acceptors (Lipinski definition) is 0. The molecule has 1 aromatic carbocycles. The average molecular weight is 275 g/mol. The van der Waals surface area contributed by atoms with Crippen molar-refractivity contribution in [3.63, 3.8) is 0 Å². The number of halogens is 1. The second kappa shape index (κ2) is 5.57. The Labute approximate surface area is 85.6 Å². The molecule has 0 radical (unpaired) electrons.